The van der Waals surface area contributed by atoms with Gasteiger partial charge in [-0.05, 0) is 12.0 Å². The second-order valence-corrected chi connectivity index (χ2v) is 3.84. The van der Waals surface area contributed by atoms with Crippen LogP contribution in [0.4, 0.5) is 0 Å². The van der Waals surface area contributed by atoms with Crippen LogP contribution in [0.3, 0.4) is 0 Å². The third-order valence-electron chi connectivity index (χ3n) is 2.96. The van der Waals surface area contributed by atoms with Gasteiger partial charge in [0.2, 0.25) is 0 Å². The fourth-order valence-corrected chi connectivity index (χ4v) is 2.32. The predicted octanol–water partition coefficient (Wildman–Crippen LogP) is 1.49. The molecule has 3 atom stereocenters. The lowest BCUT2D eigenvalue weighted by Gasteiger charge is -2.23. The highest BCUT2D eigenvalue weighted by molar-refractivity contribution is 5.21. The molecule has 3 rings (SSSR count). The van der Waals surface area contributed by atoms with Crippen molar-refractivity contribution in [1.82, 2.24) is 5.32 Å². The Morgan fingerprint density at radius 3 is 2.69 bits per heavy atom. The summed E-state index contributed by atoms with van der Waals surface area (Å²) in [5.41, 5.74) is 1.31. The van der Waals surface area contributed by atoms with Crippen LogP contribution in [0.2, 0.25) is 0 Å². The van der Waals surface area contributed by atoms with Gasteiger partial charge in [-0.15, -0.1) is 0 Å². The molecule has 2 bridgehead atoms. The van der Waals surface area contributed by atoms with Crippen LogP contribution in [0.25, 0.3) is 0 Å². The third kappa shape index (κ3) is 1.18. The Kier molecular flexibility index (Phi) is 1.64. The largest absolute Gasteiger partial charge is 0.367 e. The molecular formula is C11H13NO. The van der Waals surface area contributed by atoms with Gasteiger partial charge in [0.1, 0.15) is 0 Å². The average molecular weight is 175 g/mol. The summed E-state index contributed by atoms with van der Waals surface area (Å²) in [4.78, 5) is 0. The van der Waals surface area contributed by atoms with Gasteiger partial charge in [0.25, 0.3) is 0 Å². The zero-order valence-corrected chi connectivity index (χ0v) is 7.44. The predicted molar refractivity (Wildman–Crippen MR) is 50.5 cm³/mol. The van der Waals surface area contributed by atoms with Crippen molar-refractivity contribution in [2.24, 2.45) is 0 Å². The van der Waals surface area contributed by atoms with Crippen LogP contribution in [0.15, 0.2) is 30.3 Å². The van der Waals surface area contributed by atoms with Crippen molar-refractivity contribution in [3.63, 3.8) is 0 Å². The summed E-state index contributed by atoms with van der Waals surface area (Å²) < 4.78 is 5.88. The molecule has 0 aromatic heterocycles. The van der Waals surface area contributed by atoms with Gasteiger partial charge in [-0.1, -0.05) is 30.3 Å². The monoisotopic (exact) mass is 175 g/mol. The molecule has 0 amide bonds. The molecule has 2 fully saturated rings. The van der Waals surface area contributed by atoms with Crippen molar-refractivity contribution in [1.29, 1.82) is 0 Å². The maximum absolute atomic E-state index is 5.88. The fourth-order valence-electron chi connectivity index (χ4n) is 2.32. The van der Waals surface area contributed by atoms with Gasteiger partial charge in [-0.3, -0.25) is 0 Å². The molecule has 2 heteroatoms. The highest BCUT2D eigenvalue weighted by atomic mass is 16.5. The number of hydrogen-bond acceptors (Lipinski definition) is 2. The highest BCUT2D eigenvalue weighted by Crippen LogP contribution is 2.36. The molecule has 2 heterocycles. The maximum Gasteiger partial charge on any atom is 0.0983 e. The molecule has 2 aliphatic rings. The van der Waals surface area contributed by atoms with Crippen molar-refractivity contribution in [3.8, 4) is 0 Å². The van der Waals surface area contributed by atoms with Gasteiger partial charge < -0.3 is 10.1 Å². The van der Waals surface area contributed by atoms with E-state index in [0.29, 0.717) is 18.2 Å². The van der Waals surface area contributed by atoms with E-state index in [1.165, 1.54) is 12.0 Å². The lowest BCUT2D eigenvalue weighted by atomic mass is 10.0. The van der Waals surface area contributed by atoms with E-state index in [1.54, 1.807) is 0 Å². The van der Waals surface area contributed by atoms with Gasteiger partial charge in [0.15, 0.2) is 0 Å². The Labute approximate surface area is 77.9 Å². The molecular weight excluding hydrogens is 162 g/mol. The Balaban J connectivity index is 1.87. The first kappa shape index (κ1) is 7.54. The van der Waals surface area contributed by atoms with Crippen LogP contribution >= 0.6 is 0 Å². The number of ether oxygens (including phenoxy) is 1. The van der Waals surface area contributed by atoms with Crippen molar-refractivity contribution < 1.29 is 4.74 Å². The van der Waals surface area contributed by atoms with E-state index < -0.39 is 0 Å². The van der Waals surface area contributed by atoms with Crippen LogP contribution in [-0.2, 0) is 4.74 Å². The van der Waals surface area contributed by atoms with Crippen LogP contribution in [-0.4, -0.2) is 18.7 Å². The lowest BCUT2D eigenvalue weighted by molar-refractivity contribution is 0.0160. The fraction of sp³-hybridized carbons (Fsp3) is 0.455. The summed E-state index contributed by atoms with van der Waals surface area (Å²) in [6, 6.07) is 11.0. The zero-order chi connectivity index (χ0) is 8.67. The second-order valence-electron chi connectivity index (χ2n) is 3.84. The molecule has 0 aliphatic carbocycles. The molecule has 1 aromatic carbocycles. The molecule has 1 N–H and O–H groups in total. The topological polar surface area (TPSA) is 21.3 Å². The SMILES string of the molecule is c1ccc(C2OC3CNC2C3)cc1. The molecule has 13 heavy (non-hydrogen) atoms. The number of morpholine rings is 1. The molecule has 0 spiro atoms. The van der Waals surface area contributed by atoms with Crippen LogP contribution in [0, 0.1) is 0 Å². The first-order chi connectivity index (χ1) is 6.43. The van der Waals surface area contributed by atoms with Crippen molar-refractivity contribution in [2.45, 2.75) is 24.7 Å². The van der Waals surface area contributed by atoms with E-state index in [-0.39, 0.29) is 0 Å². The highest BCUT2D eigenvalue weighted by Gasteiger charge is 2.40. The minimum Gasteiger partial charge on any atom is -0.367 e. The number of nitrogens with one attached hydrogen (secondary N) is 1. The van der Waals surface area contributed by atoms with Crippen LogP contribution in [0.5, 0.6) is 0 Å². The Morgan fingerprint density at radius 2 is 2.08 bits per heavy atom. The maximum atomic E-state index is 5.88. The minimum atomic E-state index is 0.292. The first-order valence-corrected chi connectivity index (χ1v) is 4.87. The van der Waals surface area contributed by atoms with Crippen molar-refractivity contribution >= 4 is 0 Å². The summed E-state index contributed by atoms with van der Waals surface area (Å²) >= 11 is 0. The first-order valence-electron chi connectivity index (χ1n) is 4.87. The number of benzene rings is 1. The smallest absolute Gasteiger partial charge is 0.0983 e. The lowest BCUT2D eigenvalue weighted by Crippen LogP contribution is -2.33. The van der Waals surface area contributed by atoms with Crippen LogP contribution in [0.1, 0.15) is 18.1 Å². The Bertz CT molecular complexity index is 298. The third-order valence-corrected chi connectivity index (χ3v) is 2.96. The Morgan fingerprint density at radius 1 is 1.23 bits per heavy atom. The summed E-state index contributed by atoms with van der Waals surface area (Å²) in [5.74, 6) is 0. The quantitative estimate of drug-likeness (QED) is 0.698. The minimum absolute atomic E-state index is 0.292. The Hall–Kier alpha value is -0.860. The molecule has 1 aromatic rings. The van der Waals surface area contributed by atoms with E-state index >= 15 is 0 Å². The van der Waals surface area contributed by atoms with Crippen molar-refractivity contribution in [2.75, 3.05) is 6.54 Å². The normalized spacial score (nSPS) is 36.8. The molecule has 2 saturated heterocycles. The molecule has 2 nitrogen and oxygen atoms in total. The molecule has 0 saturated carbocycles. The van der Waals surface area contributed by atoms with Gasteiger partial charge in [0.05, 0.1) is 12.2 Å². The number of fused-ring (bicyclic) bond motifs is 2. The summed E-state index contributed by atoms with van der Waals surface area (Å²) in [6.45, 7) is 1.04. The van der Waals surface area contributed by atoms with Crippen LogP contribution < -0.4 is 5.32 Å². The zero-order valence-electron chi connectivity index (χ0n) is 7.44. The van der Waals surface area contributed by atoms with Gasteiger partial charge in [-0.25, -0.2) is 0 Å². The van der Waals surface area contributed by atoms with E-state index in [2.05, 4.69) is 29.6 Å². The molecule has 3 unspecified atom stereocenters. The van der Waals surface area contributed by atoms with E-state index in [9.17, 15) is 0 Å². The molecule has 68 valence electrons. The van der Waals surface area contributed by atoms with E-state index in [4.69, 9.17) is 4.74 Å². The van der Waals surface area contributed by atoms with E-state index in [0.717, 1.165) is 6.54 Å². The average Bonchev–Trinajstić information content (AvgIpc) is 2.80. The molecule has 2 aliphatic heterocycles. The van der Waals surface area contributed by atoms with E-state index in [1.807, 2.05) is 6.07 Å². The number of hydrogen-bond donors (Lipinski definition) is 1. The number of rotatable bonds is 1. The standard InChI is InChI=1S/C11H13NO/c1-2-4-8(5-3-1)11-10-6-9(13-11)7-12-10/h1-5,9-12H,6-7H2. The summed E-state index contributed by atoms with van der Waals surface area (Å²) in [5, 5.41) is 3.48. The summed E-state index contributed by atoms with van der Waals surface area (Å²) in [6.07, 6.45) is 1.93. The van der Waals surface area contributed by atoms with Gasteiger partial charge in [0, 0.05) is 12.6 Å². The second kappa shape index (κ2) is 2.82. The van der Waals surface area contributed by atoms with Gasteiger partial charge in [-0.2, -0.15) is 0 Å². The van der Waals surface area contributed by atoms with Gasteiger partial charge >= 0.3 is 0 Å². The molecule has 0 radical (unpaired) electrons. The summed E-state index contributed by atoms with van der Waals surface area (Å²) in [7, 11) is 0. The van der Waals surface area contributed by atoms with Crippen molar-refractivity contribution in [3.05, 3.63) is 35.9 Å².